The number of aromatic nitrogens is 4. The van der Waals surface area contributed by atoms with Crippen LogP contribution in [0.2, 0.25) is 0 Å². The van der Waals surface area contributed by atoms with Crippen molar-refractivity contribution in [2.75, 3.05) is 5.73 Å². The zero-order chi connectivity index (χ0) is 21.9. The molecule has 8 bridgehead atoms. The molecule has 6 heteroatoms. The number of aromatic amines is 2. The molecule has 6 rings (SSSR count). The van der Waals surface area contributed by atoms with E-state index in [9.17, 15) is 0 Å². The van der Waals surface area contributed by atoms with E-state index in [1.807, 2.05) is 48.6 Å². The predicted octanol–water partition coefficient (Wildman–Crippen LogP) is 5.10. The molecule has 160 valence electrons. The first-order valence-electron chi connectivity index (χ1n) is 10.1. The third-order valence-corrected chi connectivity index (χ3v) is 5.20. The van der Waals surface area contributed by atoms with Crippen molar-refractivity contribution < 1.29 is 16.0 Å². The van der Waals surface area contributed by atoms with Gasteiger partial charge in [-0.2, -0.15) is 0 Å². The van der Waals surface area contributed by atoms with E-state index in [0.29, 0.717) is 0 Å². The minimum absolute atomic E-state index is 0.759. The Bertz CT molecular complexity index is 1290. The van der Waals surface area contributed by atoms with Crippen molar-refractivity contribution >= 4 is 56.5 Å². The molecule has 4 N–H and O–H groups in total. The Morgan fingerprint density at radius 2 is 0.875 bits per heavy atom. The number of fused-ring (bicyclic) bond motifs is 8. The molecule has 0 saturated heterocycles. The molecule has 2 aliphatic rings. The number of nitrogens with two attached hydrogens (primary N) is 1. The van der Waals surface area contributed by atoms with Crippen LogP contribution < -0.4 is 10.2 Å². The van der Waals surface area contributed by atoms with Crippen molar-refractivity contribution in [1.29, 1.82) is 0 Å². The van der Waals surface area contributed by atoms with E-state index in [-0.39, 0.29) is 0 Å². The van der Waals surface area contributed by atoms with Gasteiger partial charge in [0.05, 0.1) is 22.8 Å². The number of nitrogens with one attached hydrogen (secondary N) is 2. The molecular weight excluding hydrogens is 446 g/mol. The molecule has 0 atom stereocenters. The number of anilines is 1. The second-order valence-electron chi connectivity index (χ2n) is 7.41. The van der Waals surface area contributed by atoms with Crippen molar-refractivity contribution in [3.8, 4) is 0 Å². The van der Waals surface area contributed by atoms with E-state index in [4.69, 9.17) is 21.7 Å². The van der Waals surface area contributed by atoms with Gasteiger partial charge >= 0.3 is 56.2 Å². The SMILES string of the molecule is C1=Cc2cc3ccc(cc4nc(cc5ccc(cc1n2)[nH]5)C=C4)[nH]3.Nc1cc[c]([Cu])cc1. The molecule has 5 heterocycles. The van der Waals surface area contributed by atoms with Crippen molar-refractivity contribution in [1.82, 2.24) is 19.9 Å². The molecule has 0 aliphatic carbocycles. The second kappa shape index (κ2) is 8.71. The Morgan fingerprint density at radius 3 is 1.19 bits per heavy atom. The summed E-state index contributed by atoms with van der Waals surface area (Å²) < 4.78 is 0.812. The summed E-state index contributed by atoms with van der Waals surface area (Å²) in [5.74, 6) is 0. The summed E-state index contributed by atoms with van der Waals surface area (Å²) in [6.45, 7) is 0. The van der Waals surface area contributed by atoms with Gasteiger partial charge in [0.2, 0.25) is 0 Å². The fourth-order valence-corrected chi connectivity index (χ4v) is 3.55. The van der Waals surface area contributed by atoms with E-state index in [1.165, 1.54) is 0 Å². The summed E-state index contributed by atoms with van der Waals surface area (Å²) >= 11 is 4.95. The molecule has 1 aromatic carbocycles. The van der Waals surface area contributed by atoms with E-state index >= 15 is 0 Å². The number of nitrogens with zero attached hydrogens (tertiary/aromatic N) is 2. The Labute approximate surface area is 193 Å². The number of hydrogen-bond donors (Lipinski definition) is 3. The van der Waals surface area contributed by atoms with Crippen LogP contribution in [0.15, 0.2) is 72.8 Å². The molecule has 0 spiro atoms. The fraction of sp³-hybridized carbons (Fsp3) is 0. The number of rotatable bonds is 0. The molecule has 2 aliphatic heterocycles. The van der Waals surface area contributed by atoms with Gasteiger partial charge in [-0.25, -0.2) is 9.97 Å². The first kappa shape index (κ1) is 20.1. The Balaban J connectivity index is 0.000000230. The topological polar surface area (TPSA) is 83.4 Å². The standard InChI is InChI=1S/C20H14N4.C6H6N.Cu/c1-2-14-10-16-5-6-18(23-16)12-20-8-7-19(24-20)11-17-4-3-15(22-17)9-13(1)21-14;7-6-4-2-1-3-5-6;/h1-12,21,24H;2-5H,7H2;. The number of benzene rings is 1. The summed E-state index contributed by atoms with van der Waals surface area (Å²) in [6.07, 6.45) is 8.09. The van der Waals surface area contributed by atoms with Crippen molar-refractivity contribution in [3.63, 3.8) is 0 Å². The first-order chi connectivity index (χ1) is 15.6. The predicted molar refractivity (Wildman–Crippen MR) is 129 cm³/mol. The molecule has 3 aromatic heterocycles. The zero-order valence-corrected chi connectivity index (χ0v) is 18.0. The van der Waals surface area contributed by atoms with E-state index in [2.05, 4.69) is 44.2 Å². The van der Waals surface area contributed by atoms with E-state index in [1.54, 1.807) is 24.3 Å². The fourth-order valence-electron chi connectivity index (χ4n) is 3.39. The molecule has 0 fully saturated rings. The van der Waals surface area contributed by atoms with Gasteiger partial charge in [-0.15, -0.1) is 0 Å². The van der Waals surface area contributed by atoms with Crippen LogP contribution in [0.25, 0.3) is 46.4 Å². The van der Waals surface area contributed by atoms with Crippen LogP contribution in [0.1, 0.15) is 22.8 Å². The summed E-state index contributed by atoms with van der Waals surface area (Å²) in [7, 11) is 0. The normalized spacial score (nSPS) is 11.8. The molecule has 32 heavy (non-hydrogen) atoms. The average Bonchev–Trinajstić information content (AvgIpc) is 3.57. The minimum atomic E-state index is 0.759. The summed E-state index contributed by atoms with van der Waals surface area (Å²) in [6, 6.07) is 23.5. The Kier molecular flexibility index (Phi) is 5.46. The molecule has 0 radical (unpaired) electrons. The molecular formula is C26H20CuN5. The Hall–Kier alpha value is -3.86. The number of hydrogen-bond acceptors (Lipinski definition) is 3. The van der Waals surface area contributed by atoms with Crippen LogP contribution in [0.3, 0.4) is 0 Å². The maximum absolute atomic E-state index is 5.38. The third-order valence-electron chi connectivity index (χ3n) is 4.89. The summed E-state index contributed by atoms with van der Waals surface area (Å²) in [4.78, 5) is 16.0. The van der Waals surface area contributed by atoms with Crippen LogP contribution >= 0.6 is 0 Å². The van der Waals surface area contributed by atoms with Crippen molar-refractivity contribution in [2.45, 2.75) is 0 Å². The van der Waals surface area contributed by atoms with Crippen LogP contribution in [0.5, 0.6) is 0 Å². The molecule has 0 unspecified atom stereocenters. The second-order valence-corrected chi connectivity index (χ2v) is 7.96. The van der Waals surface area contributed by atoms with Gasteiger partial charge in [0.15, 0.2) is 0 Å². The number of nitrogen functional groups attached to an aromatic ring is 1. The quantitative estimate of drug-likeness (QED) is 0.215. The van der Waals surface area contributed by atoms with Gasteiger partial charge in [-0.1, -0.05) is 0 Å². The summed E-state index contributed by atoms with van der Waals surface area (Å²) in [5, 5.41) is 0. The monoisotopic (exact) mass is 465 g/mol. The molecule has 0 amide bonds. The van der Waals surface area contributed by atoms with Crippen LogP contribution in [0, 0.1) is 0 Å². The molecule has 5 nitrogen and oxygen atoms in total. The molecule has 4 aromatic rings. The van der Waals surface area contributed by atoms with Gasteiger partial charge in [-0.05, 0) is 72.8 Å². The van der Waals surface area contributed by atoms with Gasteiger partial charge < -0.3 is 9.97 Å². The maximum atomic E-state index is 5.38. The average molecular weight is 466 g/mol. The van der Waals surface area contributed by atoms with Crippen molar-refractivity contribution in [3.05, 3.63) is 95.6 Å². The van der Waals surface area contributed by atoms with Gasteiger partial charge in [0.25, 0.3) is 0 Å². The first-order valence-corrected chi connectivity index (χ1v) is 10.6. The molecule has 0 saturated carbocycles. The van der Waals surface area contributed by atoms with Gasteiger partial charge in [-0.3, -0.25) is 0 Å². The third kappa shape index (κ3) is 4.89. The number of H-pyrrole nitrogens is 2. The Morgan fingerprint density at radius 1 is 0.531 bits per heavy atom. The van der Waals surface area contributed by atoms with Crippen LogP contribution in [-0.4, -0.2) is 19.9 Å². The van der Waals surface area contributed by atoms with Gasteiger partial charge in [0, 0.05) is 22.1 Å². The zero-order valence-electron chi connectivity index (χ0n) is 17.0. The van der Waals surface area contributed by atoms with Crippen LogP contribution in [-0.2, 0) is 16.0 Å². The van der Waals surface area contributed by atoms with Crippen molar-refractivity contribution in [2.24, 2.45) is 0 Å². The van der Waals surface area contributed by atoms with Gasteiger partial charge in [0.1, 0.15) is 0 Å². The summed E-state index contributed by atoms with van der Waals surface area (Å²) in [5.41, 5.74) is 14.0. The van der Waals surface area contributed by atoms with Crippen LogP contribution in [0.4, 0.5) is 5.69 Å². The van der Waals surface area contributed by atoms with E-state index < -0.39 is 0 Å². The van der Waals surface area contributed by atoms with E-state index in [0.717, 1.165) is 55.0 Å².